The van der Waals surface area contributed by atoms with Crippen molar-refractivity contribution in [1.29, 1.82) is 0 Å². The van der Waals surface area contributed by atoms with Crippen LogP contribution in [0.5, 0.6) is 0 Å². The van der Waals surface area contributed by atoms with Gasteiger partial charge in [0.25, 0.3) is 5.91 Å². The lowest BCUT2D eigenvalue weighted by Crippen LogP contribution is -2.43. The number of amides is 3. The molecule has 1 fully saturated rings. The van der Waals surface area contributed by atoms with E-state index in [0.717, 1.165) is 6.42 Å². The second-order valence-corrected chi connectivity index (χ2v) is 8.28. The van der Waals surface area contributed by atoms with Crippen LogP contribution in [0.4, 0.5) is 15.2 Å². The van der Waals surface area contributed by atoms with Gasteiger partial charge in [-0.25, -0.2) is 9.37 Å². The molecule has 2 aromatic carbocycles. The first-order valence-electron chi connectivity index (χ1n) is 10.1. The average molecular weight is 453 g/mol. The van der Waals surface area contributed by atoms with Gasteiger partial charge in [-0.1, -0.05) is 18.2 Å². The molecular weight excluding hydrogens is 431 g/mol. The van der Waals surface area contributed by atoms with Gasteiger partial charge in [-0.2, -0.15) is 0 Å². The van der Waals surface area contributed by atoms with Crippen molar-refractivity contribution in [3.8, 4) is 11.3 Å². The van der Waals surface area contributed by atoms with Crippen LogP contribution in [0.25, 0.3) is 11.3 Å². The molecule has 2 heterocycles. The van der Waals surface area contributed by atoms with Crippen LogP contribution < -0.4 is 10.6 Å². The molecule has 0 unspecified atom stereocenters. The number of thiazole rings is 1. The van der Waals surface area contributed by atoms with Gasteiger partial charge in [0.15, 0.2) is 5.13 Å². The quantitative estimate of drug-likeness (QED) is 0.608. The lowest BCUT2D eigenvalue weighted by molar-refractivity contribution is -0.119. The second-order valence-electron chi connectivity index (χ2n) is 7.43. The van der Waals surface area contributed by atoms with Gasteiger partial charge in [-0.05, 0) is 43.2 Å². The second kappa shape index (κ2) is 9.27. The fourth-order valence-corrected chi connectivity index (χ4v) is 4.39. The number of hydrogen-bond donors (Lipinski definition) is 2. The van der Waals surface area contributed by atoms with Gasteiger partial charge < -0.3 is 15.5 Å². The van der Waals surface area contributed by atoms with Crippen LogP contribution in [0.2, 0.25) is 0 Å². The zero-order valence-corrected chi connectivity index (χ0v) is 18.1. The molecule has 3 aromatic rings. The summed E-state index contributed by atoms with van der Waals surface area (Å²) in [6.07, 6.45) is 1.31. The van der Waals surface area contributed by atoms with Crippen LogP contribution in [-0.4, -0.2) is 40.2 Å². The Labute approximate surface area is 188 Å². The number of carbonyl (C=O) groups excluding carboxylic acids is 3. The minimum Gasteiger partial charge on any atom is -0.327 e. The fraction of sp³-hybridized carbons (Fsp3) is 0.217. The number of hydrogen-bond acceptors (Lipinski definition) is 5. The molecule has 1 saturated heterocycles. The van der Waals surface area contributed by atoms with Crippen LogP contribution in [0.15, 0.2) is 53.9 Å². The SMILES string of the molecule is CC(=O)Nc1ccc(-c2csc(NC(=O)[C@@H]3CCCN3C(=O)c3ccccc3)n2)c(F)c1. The Morgan fingerprint density at radius 3 is 2.62 bits per heavy atom. The number of nitrogens with zero attached hydrogens (tertiary/aromatic N) is 2. The van der Waals surface area contributed by atoms with Gasteiger partial charge in [0, 0.05) is 35.7 Å². The van der Waals surface area contributed by atoms with E-state index in [9.17, 15) is 18.8 Å². The number of likely N-dealkylation sites (tertiary alicyclic amines) is 1. The number of rotatable bonds is 5. The first-order valence-corrected chi connectivity index (χ1v) is 11.0. The lowest BCUT2D eigenvalue weighted by atomic mass is 10.1. The number of halogens is 1. The lowest BCUT2D eigenvalue weighted by Gasteiger charge is -2.23. The number of anilines is 2. The average Bonchev–Trinajstić information content (AvgIpc) is 3.43. The minimum absolute atomic E-state index is 0.176. The highest BCUT2D eigenvalue weighted by atomic mass is 32.1. The van der Waals surface area contributed by atoms with Crippen LogP contribution >= 0.6 is 11.3 Å². The van der Waals surface area contributed by atoms with Crippen molar-refractivity contribution >= 4 is 39.9 Å². The Balaban J connectivity index is 1.46. The smallest absolute Gasteiger partial charge is 0.254 e. The molecule has 7 nitrogen and oxygen atoms in total. The zero-order chi connectivity index (χ0) is 22.7. The number of nitrogens with one attached hydrogen (secondary N) is 2. The third kappa shape index (κ3) is 4.67. The summed E-state index contributed by atoms with van der Waals surface area (Å²) in [7, 11) is 0. The molecular formula is C23H21FN4O3S. The summed E-state index contributed by atoms with van der Waals surface area (Å²) < 4.78 is 14.5. The Hall–Kier alpha value is -3.59. The molecule has 32 heavy (non-hydrogen) atoms. The van der Waals surface area contributed by atoms with Crippen molar-refractivity contribution in [3.63, 3.8) is 0 Å². The Bertz CT molecular complexity index is 1170. The predicted octanol–water partition coefficient (Wildman–Crippen LogP) is 4.15. The van der Waals surface area contributed by atoms with Crippen molar-refractivity contribution < 1.29 is 18.8 Å². The van der Waals surface area contributed by atoms with Gasteiger partial charge in [0.2, 0.25) is 11.8 Å². The van der Waals surface area contributed by atoms with Crippen molar-refractivity contribution in [1.82, 2.24) is 9.88 Å². The van der Waals surface area contributed by atoms with Gasteiger partial charge >= 0.3 is 0 Å². The van der Waals surface area contributed by atoms with Gasteiger partial charge in [0.1, 0.15) is 11.9 Å². The fourth-order valence-electron chi connectivity index (χ4n) is 3.68. The first kappa shape index (κ1) is 21.6. The maximum atomic E-state index is 14.5. The van der Waals surface area contributed by atoms with Gasteiger partial charge in [0.05, 0.1) is 5.69 Å². The molecule has 164 valence electrons. The molecule has 0 radical (unpaired) electrons. The van der Waals surface area contributed by atoms with E-state index in [1.807, 2.05) is 6.07 Å². The summed E-state index contributed by atoms with van der Waals surface area (Å²) in [5, 5.41) is 7.26. The third-order valence-electron chi connectivity index (χ3n) is 5.14. The summed E-state index contributed by atoms with van der Waals surface area (Å²) in [5.74, 6) is -1.31. The Morgan fingerprint density at radius 2 is 1.91 bits per heavy atom. The number of carbonyl (C=O) groups is 3. The minimum atomic E-state index is -0.580. The van der Waals surface area contributed by atoms with E-state index in [1.54, 1.807) is 40.6 Å². The van der Waals surface area contributed by atoms with Gasteiger partial charge in [-0.15, -0.1) is 11.3 Å². The normalized spacial score (nSPS) is 15.4. The molecule has 4 rings (SSSR count). The van der Waals surface area contributed by atoms with E-state index in [0.29, 0.717) is 35.0 Å². The van der Waals surface area contributed by atoms with Crippen LogP contribution in [0.3, 0.4) is 0 Å². The van der Waals surface area contributed by atoms with E-state index < -0.39 is 11.9 Å². The van der Waals surface area contributed by atoms with Crippen molar-refractivity contribution in [3.05, 3.63) is 65.3 Å². The predicted molar refractivity (Wildman–Crippen MR) is 121 cm³/mol. The van der Waals surface area contributed by atoms with Crippen molar-refractivity contribution in [2.45, 2.75) is 25.8 Å². The summed E-state index contributed by atoms with van der Waals surface area (Å²) in [5.41, 5.74) is 1.53. The van der Waals surface area contributed by atoms with E-state index in [-0.39, 0.29) is 23.3 Å². The van der Waals surface area contributed by atoms with Crippen molar-refractivity contribution in [2.24, 2.45) is 0 Å². The Kier molecular flexibility index (Phi) is 6.27. The molecule has 1 aromatic heterocycles. The van der Waals surface area contributed by atoms with Gasteiger partial charge in [-0.3, -0.25) is 14.4 Å². The van der Waals surface area contributed by atoms with E-state index in [2.05, 4.69) is 15.6 Å². The first-order chi connectivity index (χ1) is 15.4. The van der Waals surface area contributed by atoms with Crippen LogP contribution in [0, 0.1) is 5.82 Å². The van der Waals surface area contributed by atoms with E-state index in [1.165, 1.54) is 30.4 Å². The number of benzene rings is 2. The maximum Gasteiger partial charge on any atom is 0.254 e. The Morgan fingerprint density at radius 1 is 1.12 bits per heavy atom. The molecule has 9 heteroatoms. The van der Waals surface area contributed by atoms with Crippen molar-refractivity contribution in [2.75, 3.05) is 17.2 Å². The number of aromatic nitrogens is 1. The molecule has 2 N–H and O–H groups in total. The van der Waals surface area contributed by atoms with Crippen LogP contribution in [-0.2, 0) is 9.59 Å². The standard InChI is InChI=1S/C23H21FN4O3S/c1-14(29)25-16-9-10-17(18(24)12-16)19-13-32-23(26-19)27-21(30)20-8-5-11-28(20)22(31)15-6-3-2-4-7-15/h2-4,6-7,9-10,12-13,20H,5,8,11H2,1H3,(H,25,29)(H,26,27,30)/t20-/m0/s1. The molecule has 1 atom stereocenters. The molecule has 1 aliphatic heterocycles. The molecule has 1 aliphatic rings. The zero-order valence-electron chi connectivity index (χ0n) is 17.3. The molecule has 0 saturated carbocycles. The summed E-state index contributed by atoms with van der Waals surface area (Å²) in [6.45, 7) is 1.86. The molecule has 0 aliphatic carbocycles. The van der Waals surface area contributed by atoms with Crippen LogP contribution in [0.1, 0.15) is 30.1 Å². The highest BCUT2D eigenvalue weighted by Gasteiger charge is 2.34. The summed E-state index contributed by atoms with van der Waals surface area (Å²) >= 11 is 1.18. The summed E-state index contributed by atoms with van der Waals surface area (Å²) in [6, 6.07) is 12.6. The summed E-state index contributed by atoms with van der Waals surface area (Å²) in [4.78, 5) is 42.7. The molecule has 0 spiro atoms. The van der Waals surface area contributed by atoms with E-state index in [4.69, 9.17) is 0 Å². The topological polar surface area (TPSA) is 91.4 Å². The highest BCUT2D eigenvalue weighted by Crippen LogP contribution is 2.29. The molecule has 3 amide bonds. The maximum absolute atomic E-state index is 14.5. The largest absolute Gasteiger partial charge is 0.327 e. The monoisotopic (exact) mass is 452 g/mol. The third-order valence-corrected chi connectivity index (χ3v) is 5.89. The molecule has 0 bridgehead atoms. The van der Waals surface area contributed by atoms with E-state index >= 15 is 0 Å². The highest BCUT2D eigenvalue weighted by molar-refractivity contribution is 7.14.